The summed E-state index contributed by atoms with van der Waals surface area (Å²) in [6, 6.07) is 6.92. The van der Waals surface area contributed by atoms with Gasteiger partial charge in [0.15, 0.2) is 11.9 Å². The van der Waals surface area contributed by atoms with E-state index >= 15 is 0 Å². The number of Topliss-reactive ketones (excluding diaryl/α,β-unsaturated/α-hetero) is 1. The van der Waals surface area contributed by atoms with Crippen molar-refractivity contribution >= 4 is 11.9 Å². The third-order valence-electron chi connectivity index (χ3n) is 2.42. The van der Waals surface area contributed by atoms with Crippen molar-refractivity contribution in [3.8, 4) is 5.75 Å². The van der Waals surface area contributed by atoms with Gasteiger partial charge in [0.2, 0.25) is 0 Å². The summed E-state index contributed by atoms with van der Waals surface area (Å²) in [5.41, 5.74) is 0.601. The molecule has 0 spiro atoms. The fourth-order valence-corrected chi connectivity index (χ4v) is 1.52. The van der Waals surface area contributed by atoms with Crippen LogP contribution in [0.2, 0.25) is 0 Å². The van der Waals surface area contributed by atoms with E-state index in [0.29, 0.717) is 17.9 Å². The summed E-state index contributed by atoms with van der Waals surface area (Å²) >= 11 is 0. The molecule has 0 radical (unpaired) electrons. The number of rotatable bonds is 4. The molecular formula is C12H13NO4. The number of hydrogen-bond acceptors (Lipinski definition) is 4. The normalized spacial score (nSPS) is 18.4. The van der Waals surface area contributed by atoms with Crippen molar-refractivity contribution in [3.63, 3.8) is 0 Å². The smallest absolute Gasteiger partial charge is 0.407 e. The summed E-state index contributed by atoms with van der Waals surface area (Å²) in [6.07, 6.45) is -0.695. The second-order valence-corrected chi connectivity index (χ2v) is 3.80. The third-order valence-corrected chi connectivity index (χ3v) is 2.42. The predicted molar refractivity (Wildman–Crippen MR) is 60.2 cm³/mol. The Hall–Kier alpha value is -2.04. The van der Waals surface area contributed by atoms with Crippen LogP contribution in [0, 0.1) is 0 Å². The number of carbonyl (C=O) groups is 2. The molecule has 1 unspecified atom stereocenters. The largest absolute Gasteiger partial charge is 0.490 e. The molecule has 90 valence electrons. The molecule has 17 heavy (non-hydrogen) atoms. The quantitative estimate of drug-likeness (QED) is 0.801. The molecule has 1 N–H and O–H groups in total. The first-order valence-electron chi connectivity index (χ1n) is 5.33. The minimum atomic E-state index is -0.420. The zero-order chi connectivity index (χ0) is 12.3. The fourth-order valence-electron chi connectivity index (χ4n) is 1.52. The van der Waals surface area contributed by atoms with Gasteiger partial charge in [-0.2, -0.15) is 0 Å². The van der Waals surface area contributed by atoms with E-state index in [1.54, 1.807) is 24.3 Å². The summed E-state index contributed by atoms with van der Waals surface area (Å²) in [5, 5.41) is 2.54. The van der Waals surface area contributed by atoms with Gasteiger partial charge in [0.05, 0.1) is 6.54 Å². The maximum atomic E-state index is 11.2. The molecule has 0 bridgehead atoms. The number of nitrogens with one attached hydrogen (secondary N) is 1. The highest BCUT2D eigenvalue weighted by Gasteiger charge is 2.22. The highest BCUT2D eigenvalue weighted by atomic mass is 16.6. The monoisotopic (exact) mass is 235 g/mol. The van der Waals surface area contributed by atoms with Gasteiger partial charge in [-0.1, -0.05) is 12.1 Å². The van der Waals surface area contributed by atoms with Crippen LogP contribution in [0.3, 0.4) is 0 Å². The fraction of sp³-hybridized carbons (Fsp3) is 0.333. The van der Waals surface area contributed by atoms with Crippen LogP contribution < -0.4 is 10.1 Å². The summed E-state index contributed by atoms with van der Waals surface area (Å²) in [7, 11) is 0. The molecule has 1 aromatic carbocycles. The van der Waals surface area contributed by atoms with Crippen LogP contribution in [-0.2, 0) is 4.74 Å². The second-order valence-electron chi connectivity index (χ2n) is 3.80. The van der Waals surface area contributed by atoms with Crippen LogP contribution >= 0.6 is 0 Å². The SMILES string of the molecule is CC(=O)c1cccc(OCC2CNC(=O)O2)c1. The Bertz CT molecular complexity index is 444. The van der Waals surface area contributed by atoms with Crippen molar-refractivity contribution in [2.75, 3.05) is 13.2 Å². The number of alkyl carbamates (subject to hydrolysis) is 1. The lowest BCUT2D eigenvalue weighted by molar-refractivity contribution is 0.101. The Kier molecular flexibility index (Phi) is 3.27. The molecule has 1 atom stereocenters. The minimum absolute atomic E-state index is 0.00980. The van der Waals surface area contributed by atoms with Gasteiger partial charge in [-0.25, -0.2) is 4.79 Å². The van der Waals surface area contributed by atoms with E-state index in [9.17, 15) is 9.59 Å². The Morgan fingerprint density at radius 2 is 2.41 bits per heavy atom. The molecule has 5 heteroatoms. The van der Waals surface area contributed by atoms with Crippen molar-refractivity contribution in [1.29, 1.82) is 0 Å². The number of benzene rings is 1. The van der Waals surface area contributed by atoms with Crippen molar-refractivity contribution < 1.29 is 19.1 Å². The molecule has 2 rings (SSSR count). The number of hydrogen-bond donors (Lipinski definition) is 1. The van der Waals surface area contributed by atoms with Crippen molar-refractivity contribution in [2.45, 2.75) is 13.0 Å². The molecule has 5 nitrogen and oxygen atoms in total. The highest BCUT2D eigenvalue weighted by Crippen LogP contribution is 2.14. The van der Waals surface area contributed by atoms with E-state index in [4.69, 9.17) is 9.47 Å². The van der Waals surface area contributed by atoms with Gasteiger partial charge >= 0.3 is 6.09 Å². The van der Waals surface area contributed by atoms with Crippen molar-refractivity contribution in [3.05, 3.63) is 29.8 Å². The van der Waals surface area contributed by atoms with Gasteiger partial charge in [0.25, 0.3) is 0 Å². The number of ketones is 1. The standard InChI is InChI=1S/C12H13NO4/c1-8(14)9-3-2-4-10(5-9)16-7-11-6-13-12(15)17-11/h2-5,11H,6-7H2,1H3,(H,13,15). The van der Waals surface area contributed by atoms with Gasteiger partial charge in [-0.3, -0.25) is 4.79 Å². The first-order chi connectivity index (χ1) is 8.15. The van der Waals surface area contributed by atoms with E-state index in [2.05, 4.69) is 5.32 Å². The third kappa shape index (κ3) is 2.96. The average molecular weight is 235 g/mol. The van der Waals surface area contributed by atoms with Crippen LogP contribution in [0.25, 0.3) is 0 Å². The van der Waals surface area contributed by atoms with Crippen LogP contribution in [-0.4, -0.2) is 31.1 Å². The lowest BCUT2D eigenvalue weighted by Gasteiger charge is -2.10. The van der Waals surface area contributed by atoms with Gasteiger partial charge in [-0.15, -0.1) is 0 Å². The number of ether oxygens (including phenoxy) is 2. The van der Waals surface area contributed by atoms with Crippen LogP contribution in [0.1, 0.15) is 17.3 Å². The zero-order valence-electron chi connectivity index (χ0n) is 9.43. The maximum absolute atomic E-state index is 11.2. The summed E-state index contributed by atoms with van der Waals surface area (Å²) in [6.45, 7) is 2.23. The Labute approximate surface area is 98.7 Å². The molecule has 1 aromatic rings. The molecule has 1 heterocycles. The lowest BCUT2D eigenvalue weighted by atomic mass is 10.1. The molecule has 0 aromatic heterocycles. The van der Waals surface area contributed by atoms with E-state index in [1.165, 1.54) is 6.92 Å². The highest BCUT2D eigenvalue weighted by molar-refractivity contribution is 5.94. The van der Waals surface area contributed by atoms with Crippen LogP contribution in [0.4, 0.5) is 4.79 Å². The Morgan fingerprint density at radius 3 is 3.06 bits per heavy atom. The first kappa shape index (κ1) is 11.4. The summed E-state index contributed by atoms with van der Waals surface area (Å²) < 4.78 is 10.4. The zero-order valence-corrected chi connectivity index (χ0v) is 9.43. The van der Waals surface area contributed by atoms with Crippen molar-refractivity contribution in [2.24, 2.45) is 0 Å². The van der Waals surface area contributed by atoms with Gasteiger partial charge in [0.1, 0.15) is 12.4 Å². The number of carbonyl (C=O) groups excluding carboxylic acids is 2. The predicted octanol–water partition coefficient (Wildman–Crippen LogP) is 1.38. The van der Waals surface area contributed by atoms with Gasteiger partial charge < -0.3 is 14.8 Å². The summed E-state index contributed by atoms with van der Waals surface area (Å²) in [5.74, 6) is 0.588. The topological polar surface area (TPSA) is 64.6 Å². The van der Waals surface area contributed by atoms with Crippen molar-refractivity contribution in [1.82, 2.24) is 5.32 Å². The molecule has 0 aliphatic carbocycles. The van der Waals surface area contributed by atoms with Crippen LogP contribution in [0.15, 0.2) is 24.3 Å². The second kappa shape index (κ2) is 4.86. The van der Waals surface area contributed by atoms with E-state index in [-0.39, 0.29) is 18.5 Å². The molecule has 1 aliphatic heterocycles. The molecular weight excluding hydrogens is 222 g/mol. The molecule has 1 fully saturated rings. The molecule has 1 aliphatic rings. The van der Waals surface area contributed by atoms with Crippen LogP contribution in [0.5, 0.6) is 5.75 Å². The number of amides is 1. The first-order valence-corrected chi connectivity index (χ1v) is 5.33. The molecule has 1 amide bonds. The van der Waals surface area contributed by atoms with E-state index in [0.717, 1.165) is 0 Å². The average Bonchev–Trinajstić information content (AvgIpc) is 2.73. The van der Waals surface area contributed by atoms with E-state index < -0.39 is 6.09 Å². The molecule has 0 saturated carbocycles. The molecule has 1 saturated heterocycles. The Morgan fingerprint density at radius 1 is 1.59 bits per heavy atom. The van der Waals surface area contributed by atoms with Gasteiger partial charge in [0, 0.05) is 5.56 Å². The maximum Gasteiger partial charge on any atom is 0.407 e. The summed E-state index contributed by atoms with van der Waals surface area (Å²) in [4.78, 5) is 21.9. The Balaban J connectivity index is 1.92. The van der Waals surface area contributed by atoms with Gasteiger partial charge in [-0.05, 0) is 19.1 Å². The number of cyclic esters (lactones) is 1. The lowest BCUT2D eigenvalue weighted by Crippen LogP contribution is -2.21. The minimum Gasteiger partial charge on any atom is -0.490 e. The van der Waals surface area contributed by atoms with E-state index in [1.807, 2.05) is 0 Å².